The second-order valence-electron chi connectivity index (χ2n) is 5.14. The van der Waals surface area contributed by atoms with Crippen LogP contribution in [-0.4, -0.2) is 23.4 Å². The average molecular weight is 384 g/mol. The van der Waals surface area contributed by atoms with Gasteiger partial charge in [0, 0.05) is 10.5 Å². The van der Waals surface area contributed by atoms with Gasteiger partial charge >= 0.3 is 6.18 Å². The fourth-order valence-electron chi connectivity index (χ4n) is 2.43. The standard InChI is InChI=1S/C18H15F3O2S2/c1-24-12-8-9-14(18(19,20)21)13(10-12)15(17(23)25-2)16(22)11-6-4-3-5-7-11/h3-10,15H,1-2H3/t15-/m1/s1. The third-order valence-electron chi connectivity index (χ3n) is 3.63. The first-order valence-corrected chi connectivity index (χ1v) is 9.66. The summed E-state index contributed by atoms with van der Waals surface area (Å²) in [6, 6.07) is 11.5. The maximum atomic E-state index is 13.4. The zero-order valence-corrected chi connectivity index (χ0v) is 15.1. The van der Waals surface area contributed by atoms with Gasteiger partial charge < -0.3 is 0 Å². The van der Waals surface area contributed by atoms with Crippen molar-refractivity contribution in [3.8, 4) is 0 Å². The van der Waals surface area contributed by atoms with Crippen molar-refractivity contribution in [2.24, 2.45) is 0 Å². The Labute approximate surface area is 152 Å². The minimum Gasteiger partial charge on any atom is -0.293 e. The van der Waals surface area contributed by atoms with E-state index in [0.717, 1.165) is 17.8 Å². The molecule has 0 radical (unpaired) electrons. The molecule has 0 unspecified atom stereocenters. The molecule has 0 saturated heterocycles. The Morgan fingerprint density at radius 2 is 1.64 bits per heavy atom. The molecule has 0 spiro atoms. The highest BCUT2D eigenvalue weighted by molar-refractivity contribution is 8.13. The number of thioether (sulfide) groups is 2. The normalized spacial score (nSPS) is 12.7. The van der Waals surface area contributed by atoms with Crippen LogP contribution in [0.25, 0.3) is 0 Å². The van der Waals surface area contributed by atoms with Gasteiger partial charge in [-0.1, -0.05) is 42.1 Å². The number of alkyl halides is 3. The van der Waals surface area contributed by atoms with E-state index in [1.54, 1.807) is 24.5 Å². The van der Waals surface area contributed by atoms with Crippen molar-refractivity contribution in [2.45, 2.75) is 17.0 Å². The lowest BCUT2D eigenvalue weighted by Gasteiger charge is -2.20. The molecule has 0 fully saturated rings. The fraction of sp³-hybridized carbons (Fsp3) is 0.222. The first kappa shape index (κ1) is 19.6. The maximum absolute atomic E-state index is 13.4. The lowest BCUT2D eigenvalue weighted by Crippen LogP contribution is -2.23. The molecule has 0 bridgehead atoms. The Kier molecular flexibility index (Phi) is 6.35. The van der Waals surface area contributed by atoms with Crippen LogP contribution in [0.3, 0.4) is 0 Å². The van der Waals surface area contributed by atoms with Gasteiger partial charge in [-0.25, -0.2) is 0 Å². The van der Waals surface area contributed by atoms with Crippen molar-refractivity contribution in [1.29, 1.82) is 0 Å². The first-order valence-electron chi connectivity index (χ1n) is 7.21. The van der Waals surface area contributed by atoms with E-state index in [4.69, 9.17) is 0 Å². The molecule has 0 aliphatic carbocycles. The van der Waals surface area contributed by atoms with Crippen LogP contribution in [0.15, 0.2) is 53.4 Å². The predicted molar refractivity (Wildman–Crippen MR) is 95.3 cm³/mol. The number of rotatable bonds is 5. The molecule has 0 N–H and O–H groups in total. The van der Waals surface area contributed by atoms with Crippen LogP contribution in [0.2, 0.25) is 0 Å². The molecular weight excluding hydrogens is 369 g/mol. The molecular formula is C18H15F3O2S2. The number of Topliss-reactive ketones (excluding diaryl/α,β-unsaturated/α-hetero) is 1. The molecule has 0 saturated carbocycles. The zero-order chi connectivity index (χ0) is 18.6. The van der Waals surface area contributed by atoms with Crippen LogP contribution >= 0.6 is 23.5 Å². The molecule has 0 aliphatic heterocycles. The molecule has 0 heterocycles. The van der Waals surface area contributed by atoms with E-state index in [1.165, 1.54) is 42.3 Å². The molecule has 2 aromatic carbocycles. The van der Waals surface area contributed by atoms with E-state index in [-0.39, 0.29) is 11.1 Å². The van der Waals surface area contributed by atoms with Crippen LogP contribution in [0, 0.1) is 0 Å². The summed E-state index contributed by atoms with van der Waals surface area (Å²) >= 11 is 2.00. The zero-order valence-electron chi connectivity index (χ0n) is 13.5. The Hall–Kier alpha value is -1.73. The second kappa shape index (κ2) is 8.10. The summed E-state index contributed by atoms with van der Waals surface area (Å²) < 4.78 is 40.3. The summed E-state index contributed by atoms with van der Waals surface area (Å²) in [6.07, 6.45) is -1.48. The number of ketones is 1. The van der Waals surface area contributed by atoms with Crippen molar-refractivity contribution in [3.63, 3.8) is 0 Å². The van der Waals surface area contributed by atoms with E-state index in [0.29, 0.717) is 4.90 Å². The third-order valence-corrected chi connectivity index (χ3v) is 5.00. The van der Waals surface area contributed by atoms with Gasteiger partial charge in [-0.15, -0.1) is 11.8 Å². The van der Waals surface area contributed by atoms with Crippen LogP contribution in [0.1, 0.15) is 27.4 Å². The molecule has 1 atom stereocenters. The van der Waals surface area contributed by atoms with Crippen molar-refractivity contribution in [2.75, 3.05) is 12.5 Å². The van der Waals surface area contributed by atoms with Crippen molar-refractivity contribution in [1.82, 2.24) is 0 Å². The lowest BCUT2D eigenvalue weighted by molar-refractivity contribution is -0.138. The van der Waals surface area contributed by atoms with Crippen LogP contribution < -0.4 is 0 Å². The first-order chi connectivity index (χ1) is 11.8. The van der Waals surface area contributed by atoms with E-state index in [2.05, 4.69) is 0 Å². The molecule has 0 aromatic heterocycles. The summed E-state index contributed by atoms with van der Waals surface area (Å²) in [6.45, 7) is 0. The monoisotopic (exact) mass is 384 g/mol. The summed E-state index contributed by atoms with van der Waals surface area (Å²) in [7, 11) is 0. The molecule has 2 rings (SSSR count). The van der Waals surface area contributed by atoms with Gasteiger partial charge in [-0.3, -0.25) is 9.59 Å². The third kappa shape index (κ3) is 4.46. The van der Waals surface area contributed by atoms with Crippen LogP contribution in [-0.2, 0) is 11.0 Å². The van der Waals surface area contributed by atoms with E-state index in [1.807, 2.05) is 0 Å². The molecule has 2 nitrogen and oxygen atoms in total. The van der Waals surface area contributed by atoms with Gasteiger partial charge in [0.05, 0.1) is 5.56 Å². The molecule has 7 heteroatoms. The smallest absolute Gasteiger partial charge is 0.293 e. The Balaban J connectivity index is 2.66. The highest BCUT2D eigenvalue weighted by atomic mass is 32.2. The molecule has 2 aromatic rings. The predicted octanol–water partition coefficient (Wildman–Crippen LogP) is 5.28. The largest absolute Gasteiger partial charge is 0.416 e. The van der Waals surface area contributed by atoms with Gasteiger partial charge in [-0.05, 0) is 36.3 Å². The summed E-state index contributed by atoms with van der Waals surface area (Å²) in [4.78, 5) is 25.7. The molecule has 132 valence electrons. The minimum atomic E-state index is -4.65. The van der Waals surface area contributed by atoms with Crippen molar-refractivity contribution in [3.05, 3.63) is 65.2 Å². The Bertz CT molecular complexity index is 774. The number of halogens is 3. The Morgan fingerprint density at radius 1 is 1.00 bits per heavy atom. The molecule has 0 aliphatic rings. The van der Waals surface area contributed by atoms with E-state index in [9.17, 15) is 22.8 Å². The van der Waals surface area contributed by atoms with Crippen molar-refractivity contribution >= 4 is 34.4 Å². The SMILES string of the molecule is CSC(=O)[C@@H](C(=O)c1ccccc1)c1cc(SC)ccc1C(F)(F)F. The highest BCUT2D eigenvalue weighted by Gasteiger charge is 2.39. The van der Waals surface area contributed by atoms with Gasteiger partial charge in [0.1, 0.15) is 5.92 Å². The fourth-order valence-corrected chi connectivity index (χ4v) is 3.35. The summed E-state index contributed by atoms with van der Waals surface area (Å²) in [5, 5.41) is -0.613. The topological polar surface area (TPSA) is 34.1 Å². The quantitative estimate of drug-likeness (QED) is 0.399. The summed E-state index contributed by atoms with van der Waals surface area (Å²) in [5.41, 5.74) is -1.05. The van der Waals surface area contributed by atoms with Crippen molar-refractivity contribution < 1.29 is 22.8 Å². The van der Waals surface area contributed by atoms with Crippen LogP contribution in [0.5, 0.6) is 0 Å². The lowest BCUT2D eigenvalue weighted by atomic mass is 9.88. The minimum absolute atomic E-state index is 0.206. The maximum Gasteiger partial charge on any atom is 0.416 e. The van der Waals surface area contributed by atoms with Gasteiger partial charge in [-0.2, -0.15) is 13.2 Å². The number of carbonyl (C=O) groups excluding carboxylic acids is 2. The number of benzene rings is 2. The van der Waals surface area contributed by atoms with Gasteiger partial charge in [0.25, 0.3) is 0 Å². The second-order valence-corrected chi connectivity index (χ2v) is 6.83. The molecule has 0 amide bonds. The number of hydrogen-bond acceptors (Lipinski definition) is 4. The number of hydrogen-bond donors (Lipinski definition) is 0. The Morgan fingerprint density at radius 3 is 2.16 bits per heavy atom. The highest BCUT2D eigenvalue weighted by Crippen LogP contribution is 2.39. The van der Waals surface area contributed by atoms with Gasteiger partial charge in [0.2, 0.25) is 5.12 Å². The van der Waals surface area contributed by atoms with Gasteiger partial charge in [0.15, 0.2) is 5.78 Å². The molecule has 25 heavy (non-hydrogen) atoms. The number of carbonyl (C=O) groups is 2. The average Bonchev–Trinajstić information content (AvgIpc) is 2.61. The summed E-state index contributed by atoms with van der Waals surface area (Å²) in [5.74, 6) is -2.13. The van der Waals surface area contributed by atoms with Crippen LogP contribution in [0.4, 0.5) is 13.2 Å². The van der Waals surface area contributed by atoms with E-state index < -0.39 is 28.6 Å². The van der Waals surface area contributed by atoms with E-state index >= 15 is 0 Å².